The van der Waals surface area contributed by atoms with Crippen molar-refractivity contribution in [2.24, 2.45) is 0 Å². The average Bonchev–Trinajstić information content (AvgIpc) is 2.52. The Morgan fingerprint density at radius 1 is 1.10 bits per heavy atom. The van der Waals surface area contributed by atoms with Crippen molar-refractivity contribution in [1.82, 2.24) is 0 Å². The molecule has 1 fully saturated rings. The van der Waals surface area contributed by atoms with Crippen molar-refractivity contribution < 1.29 is 19.7 Å². The predicted molar refractivity (Wildman–Crippen MR) is 76.3 cm³/mol. The maximum atomic E-state index is 9.30. The van der Waals surface area contributed by atoms with E-state index in [0.29, 0.717) is 6.61 Å². The molecule has 2 rings (SSSR count). The van der Waals surface area contributed by atoms with Gasteiger partial charge in [0.05, 0.1) is 32.0 Å². The molecule has 3 unspecified atom stereocenters. The highest BCUT2D eigenvalue weighted by atomic mass is 16.5. The number of aliphatic hydroxyl groups is 2. The third kappa shape index (κ3) is 5.21. The largest absolute Gasteiger partial charge is 0.394 e. The molecular weight excluding hydrogens is 256 g/mol. The number of ether oxygens (including phenoxy) is 2. The average molecular weight is 280 g/mol. The summed E-state index contributed by atoms with van der Waals surface area (Å²) in [5, 5.41) is 18.1. The van der Waals surface area contributed by atoms with E-state index in [0.717, 1.165) is 25.7 Å². The Kier molecular flexibility index (Phi) is 6.47. The van der Waals surface area contributed by atoms with E-state index in [1.807, 2.05) is 18.2 Å². The zero-order valence-corrected chi connectivity index (χ0v) is 11.8. The first-order valence-electron chi connectivity index (χ1n) is 7.34. The number of hydrogen-bond donors (Lipinski definition) is 2. The van der Waals surface area contributed by atoms with Gasteiger partial charge in [-0.25, -0.2) is 0 Å². The summed E-state index contributed by atoms with van der Waals surface area (Å²) in [7, 11) is 0. The standard InChI is InChI=1S/C16H24O4/c17-10-14(18)12-20-16-8-4-7-15(9-16)19-11-13-5-2-1-3-6-13/h1-3,5-6,14-18H,4,7-12H2. The van der Waals surface area contributed by atoms with Crippen LogP contribution in [0, 0.1) is 0 Å². The summed E-state index contributed by atoms with van der Waals surface area (Å²) < 4.78 is 11.6. The molecule has 112 valence electrons. The zero-order valence-electron chi connectivity index (χ0n) is 11.8. The highest BCUT2D eigenvalue weighted by Crippen LogP contribution is 2.24. The summed E-state index contributed by atoms with van der Waals surface area (Å²) in [4.78, 5) is 0. The van der Waals surface area contributed by atoms with Crippen LogP contribution in [0.2, 0.25) is 0 Å². The van der Waals surface area contributed by atoms with Crippen LogP contribution in [0.4, 0.5) is 0 Å². The second-order valence-electron chi connectivity index (χ2n) is 5.38. The smallest absolute Gasteiger partial charge is 0.100 e. The van der Waals surface area contributed by atoms with E-state index in [1.54, 1.807) is 0 Å². The number of aliphatic hydroxyl groups excluding tert-OH is 2. The molecule has 1 aliphatic carbocycles. The number of rotatable bonds is 7. The SMILES string of the molecule is OCC(O)COC1CCCC(OCc2ccccc2)C1. The minimum atomic E-state index is -0.777. The molecule has 4 nitrogen and oxygen atoms in total. The third-order valence-electron chi connectivity index (χ3n) is 3.64. The lowest BCUT2D eigenvalue weighted by molar-refractivity contribution is -0.0759. The Labute approximate surface area is 120 Å². The monoisotopic (exact) mass is 280 g/mol. The van der Waals surface area contributed by atoms with Gasteiger partial charge in [0.2, 0.25) is 0 Å². The molecule has 0 bridgehead atoms. The molecule has 1 aliphatic rings. The molecule has 0 spiro atoms. The Bertz CT molecular complexity index is 368. The van der Waals surface area contributed by atoms with Gasteiger partial charge in [0.1, 0.15) is 6.10 Å². The first-order chi connectivity index (χ1) is 9.78. The van der Waals surface area contributed by atoms with Crippen LogP contribution in [-0.2, 0) is 16.1 Å². The number of benzene rings is 1. The van der Waals surface area contributed by atoms with Crippen molar-refractivity contribution in [1.29, 1.82) is 0 Å². The maximum absolute atomic E-state index is 9.30. The van der Waals surface area contributed by atoms with E-state index in [9.17, 15) is 5.11 Å². The summed E-state index contributed by atoms with van der Waals surface area (Å²) in [6, 6.07) is 10.2. The summed E-state index contributed by atoms with van der Waals surface area (Å²) >= 11 is 0. The fourth-order valence-corrected chi connectivity index (χ4v) is 2.49. The van der Waals surface area contributed by atoms with Crippen molar-refractivity contribution in [2.75, 3.05) is 13.2 Å². The third-order valence-corrected chi connectivity index (χ3v) is 3.64. The molecule has 0 aliphatic heterocycles. The van der Waals surface area contributed by atoms with Gasteiger partial charge in [-0.15, -0.1) is 0 Å². The summed E-state index contributed by atoms with van der Waals surface area (Å²) in [6.45, 7) is 0.588. The fraction of sp³-hybridized carbons (Fsp3) is 0.625. The van der Waals surface area contributed by atoms with Gasteiger partial charge in [0.25, 0.3) is 0 Å². The zero-order chi connectivity index (χ0) is 14.2. The quantitative estimate of drug-likeness (QED) is 0.800. The Morgan fingerprint density at radius 3 is 2.50 bits per heavy atom. The predicted octanol–water partition coefficient (Wildman–Crippen LogP) is 1.88. The number of hydrogen-bond acceptors (Lipinski definition) is 4. The fourth-order valence-electron chi connectivity index (χ4n) is 2.49. The molecule has 0 saturated heterocycles. The van der Waals surface area contributed by atoms with Crippen LogP contribution in [0.3, 0.4) is 0 Å². The van der Waals surface area contributed by atoms with E-state index in [4.69, 9.17) is 14.6 Å². The first kappa shape index (κ1) is 15.4. The molecule has 1 aromatic carbocycles. The van der Waals surface area contributed by atoms with Crippen molar-refractivity contribution in [2.45, 2.75) is 50.6 Å². The minimum absolute atomic E-state index is 0.130. The van der Waals surface area contributed by atoms with Crippen LogP contribution in [0.25, 0.3) is 0 Å². The second-order valence-corrected chi connectivity index (χ2v) is 5.38. The molecule has 3 atom stereocenters. The van der Waals surface area contributed by atoms with Crippen molar-refractivity contribution in [3.8, 4) is 0 Å². The maximum Gasteiger partial charge on any atom is 0.100 e. The van der Waals surface area contributed by atoms with Gasteiger partial charge in [0, 0.05) is 0 Å². The molecule has 1 aromatic rings. The lowest BCUT2D eigenvalue weighted by Gasteiger charge is -2.29. The molecule has 0 radical (unpaired) electrons. The lowest BCUT2D eigenvalue weighted by Crippen LogP contribution is -2.31. The normalized spacial score (nSPS) is 24.5. The van der Waals surface area contributed by atoms with E-state index in [1.165, 1.54) is 5.56 Å². The minimum Gasteiger partial charge on any atom is -0.394 e. The first-order valence-corrected chi connectivity index (χ1v) is 7.34. The van der Waals surface area contributed by atoms with Gasteiger partial charge < -0.3 is 19.7 Å². The van der Waals surface area contributed by atoms with Crippen LogP contribution in [-0.4, -0.2) is 41.7 Å². The molecular formula is C16H24O4. The van der Waals surface area contributed by atoms with Gasteiger partial charge in [-0.1, -0.05) is 30.3 Å². The topological polar surface area (TPSA) is 58.9 Å². The second kappa shape index (κ2) is 8.37. The molecule has 0 aromatic heterocycles. The van der Waals surface area contributed by atoms with Gasteiger partial charge >= 0.3 is 0 Å². The van der Waals surface area contributed by atoms with E-state index < -0.39 is 6.10 Å². The molecule has 20 heavy (non-hydrogen) atoms. The van der Waals surface area contributed by atoms with Crippen LogP contribution in [0.15, 0.2) is 30.3 Å². The molecule has 1 saturated carbocycles. The van der Waals surface area contributed by atoms with Gasteiger partial charge in [0.15, 0.2) is 0 Å². The lowest BCUT2D eigenvalue weighted by atomic mass is 9.95. The highest BCUT2D eigenvalue weighted by Gasteiger charge is 2.23. The molecule has 0 amide bonds. The summed E-state index contributed by atoms with van der Waals surface area (Å²) in [6.07, 6.45) is 3.59. The van der Waals surface area contributed by atoms with E-state index in [-0.39, 0.29) is 25.4 Å². The Balaban J connectivity index is 1.70. The van der Waals surface area contributed by atoms with Crippen molar-refractivity contribution in [3.05, 3.63) is 35.9 Å². The van der Waals surface area contributed by atoms with E-state index >= 15 is 0 Å². The Morgan fingerprint density at radius 2 is 1.80 bits per heavy atom. The van der Waals surface area contributed by atoms with Gasteiger partial charge in [-0.05, 0) is 31.2 Å². The molecule has 0 heterocycles. The summed E-state index contributed by atoms with van der Waals surface area (Å²) in [5.41, 5.74) is 1.19. The molecule has 2 N–H and O–H groups in total. The van der Waals surface area contributed by atoms with Gasteiger partial charge in [-0.2, -0.15) is 0 Å². The molecule has 4 heteroatoms. The highest BCUT2D eigenvalue weighted by molar-refractivity contribution is 5.13. The van der Waals surface area contributed by atoms with E-state index in [2.05, 4.69) is 12.1 Å². The van der Waals surface area contributed by atoms with Crippen molar-refractivity contribution in [3.63, 3.8) is 0 Å². The van der Waals surface area contributed by atoms with Gasteiger partial charge in [-0.3, -0.25) is 0 Å². The van der Waals surface area contributed by atoms with Crippen LogP contribution < -0.4 is 0 Å². The van der Waals surface area contributed by atoms with Crippen LogP contribution >= 0.6 is 0 Å². The summed E-state index contributed by atoms with van der Waals surface area (Å²) in [5.74, 6) is 0. The van der Waals surface area contributed by atoms with Crippen molar-refractivity contribution >= 4 is 0 Å². The van der Waals surface area contributed by atoms with Crippen LogP contribution in [0.5, 0.6) is 0 Å². The Hall–Kier alpha value is -0.940. The van der Waals surface area contributed by atoms with Crippen LogP contribution in [0.1, 0.15) is 31.2 Å².